The van der Waals surface area contributed by atoms with Crippen LogP contribution in [0.2, 0.25) is 0 Å². The number of nitrogens with one attached hydrogen (secondary N) is 1. The van der Waals surface area contributed by atoms with E-state index in [1.165, 1.54) is 6.42 Å². The van der Waals surface area contributed by atoms with Gasteiger partial charge in [0.05, 0.1) is 5.92 Å². The second-order valence-electron chi connectivity index (χ2n) is 7.32. The predicted molar refractivity (Wildman–Crippen MR) is 97.8 cm³/mol. The summed E-state index contributed by atoms with van der Waals surface area (Å²) in [5.74, 6) is 0.837. The lowest BCUT2D eigenvalue weighted by Crippen LogP contribution is -2.42. The van der Waals surface area contributed by atoms with Gasteiger partial charge >= 0.3 is 0 Å². The summed E-state index contributed by atoms with van der Waals surface area (Å²) in [6, 6.07) is 9.99. The van der Waals surface area contributed by atoms with E-state index in [0.717, 1.165) is 44.0 Å². The van der Waals surface area contributed by atoms with Crippen molar-refractivity contribution in [2.24, 2.45) is 11.8 Å². The van der Waals surface area contributed by atoms with Crippen LogP contribution in [-0.4, -0.2) is 54.8 Å². The molecule has 1 atom stereocenters. The highest BCUT2D eigenvalue weighted by molar-refractivity contribution is 5.89. The number of benzene rings is 1. The average Bonchev–Trinajstić information content (AvgIpc) is 3.01. The molecular formula is C20H29N3O2. The molecule has 1 aromatic rings. The van der Waals surface area contributed by atoms with Gasteiger partial charge < -0.3 is 15.1 Å². The van der Waals surface area contributed by atoms with E-state index < -0.39 is 0 Å². The smallest absolute Gasteiger partial charge is 0.227 e. The number of piperidine rings is 1. The molecular weight excluding hydrogens is 314 g/mol. The van der Waals surface area contributed by atoms with Crippen LogP contribution in [0, 0.1) is 11.8 Å². The van der Waals surface area contributed by atoms with Crippen LogP contribution >= 0.6 is 0 Å². The Kier molecular flexibility index (Phi) is 6.08. The van der Waals surface area contributed by atoms with E-state index in [1.807, 2.05) is 47.2 Å². The fourth-order valence-electron chi connectivity index (χ4n) is 3.94. The number of nitrogens with zero attached hydrogens (tertiary/aromatic N) is 2. The van der Waals surface area contributed by atoms with E-state index in [1.54, 1.807) is 0 Å². The maximum atomic E-state index is 12.8. The summed E-state index contributed by atoms with van der Waals surface area (Å²) in [6.45, 7) is 3.90. The van der Waals surface area contributed by atoms with E-state index in [9.17, 15) is 9.59 Å². The van der Waals surface area contributed by atoms with Gasteiger partial charge in [-0.15, -0.1) is 0 Å². The Hall–Kier alpha value is -1.88. The lowest BCUT2D eigenvalue weighted by molar-refractivity contribution is -0.137. The van der Waals surface area contributed by atoms with Crippen molar-refractivity contribution in [1.29, 1.82) is 0 Å². The van der Waals surface area contributed by atoms with Crippen molar-refractivity contribution in [2.75, 3.05) is 33.2 Å². The third-order valence-corrected chi connectivity index (χ3v) is 5.51. The zero-order chi connectivity index (χ0) is 17.6. The molecule has 1 aromatic carbocycles. The first-order valence-corrected chi connectivity index (χ1v) is 9.42. The van der Waals surface area contributed by atoms with Gasteiger partial charge in [0.1, 0.15) is 0 Å². The van der Waals surface area contributed by atoms with Gasteiger partial charge in [0.25, 0.3) is 0 Å². The van der Waals surface area contributed by atoms with Crippen molar-refractivity contribution in [3.8, 4) is 0 Å². The second-order valence-corrected chi connectivity index (χ2v) is 7.32. The molecule has 2 aliphatic heterocycles. The minimum Gasteiger partial charge on any atom is -0.342 e. The van der Waals surface area contributed by atoms with Crippen LogP contribution in [0.25, 0.3) is 0 Å². The van der Waals surface area contributed by atoms with E-state index in [4.69, 9.17) is 0 Å². The van der Waals surface area contributed by atoms with Gasteiger partial charge in [0.15, 0.2) is 0 Å². The fraction of sp³-hybridized carbons (Fsp3) is 0.600. The van der Waals surface area contributed by atoms with Crippen molar-refractivity contribution < 1.29 is 9.59 Å². The van der Waals surface area contributed by atoms with Crippen LogP contribution in [0.15, 0.2) is 30.3 Å². The molecule has 0 aromatic heterocycles. The van der Waals surface area contributed by atoms with Crippen molar-refractivity contribution in [1.82, 2.24) is 15.1 Å². The molecule has 5 heteroatoms. The lowest BCUT2D eigenvalue weighted by Gasteiger charge is -2.33. The van der Waals surface area contributed by atoms with Crippen molar-refractivity contribution in [3.05, 3.63) is 35.9 Å². The third-order valence-electron chi connectivity index (χ3n) is 5.51. The molecule has 2 amide bonds. The molecule has 0 spiro atoms. The van der Waals surface area contributed by atoms with E-state index >= 15 is 0 Å². The maximum Gasteiger partial charge on any atom is 0.227 e. The summed E-state index contributed by atoms with van der Waals surface area (Å²) in [5, 5.41) is 3.20. The van der Waals surface area contributed by atoms with Crippen molar-refractivity contribution >= 4 is 11.8 Å². The standard InChI is InChI=1S/C20H29N3O2/c1-21-10-7-16-8-11-22(12-9-16)20(25)18-13-19(24)23(15-18)14-17-5-3-2-4-6-17/h2-6,16,18,21H,7-15H2,1H3. The molecule has 0 aliphatic carbocycles. The van der Waals surface area contributed by atoms with Gasteiger partial charge in [0.2, 0.25) is 11.8 Å². The summed E-state index contributed by atoms with van der Waals surface area (Å²) in [4.78, 5) is 28.9. The Balaban J connectivity index is 1.49. The first-order chi connectivity index (χ1) is 12.2. The third kappa shape index (κ3) is 4.60. The van der Waals surface area contributed by atoms with Gasteiger partial charge in [-0.3, -0.25) is 9.59 Å². The van der Waals surface area contributed by atoms with Crippen molar-refractivity contribution in [2.45, 2.75) is 32.2 Å². The summed E-state index contributed by atoms with van der Waals surface area (Å²) in [6.07, 6.45) is 3.72. The number of rotatable bonds is 6. The monoisotopic (exact) mass is 343 g/mol. The van der Waals surface area contributed by atoms with Crippen LogP contribution in [-0.2, 0) is 16.1 Å². The molecule has 25 heavy (non-hydrogen) atoms. The molecule has 1 unspecified atom stereocenters. The Morgan fingerprint density at radius 3 is 2.60 bits per heavy atom. The number of amides is 2. The summed E-state index contributed by atoms with van der Waals surface area (Å²) in [5.41, 5.74) is 1.12. The highest BCUT2D eigenvalue weighted by Gasteiger charge is 2.37. The number of carbonyl (C=O) groups is 2. The molecule has 136 valence electrons. The molecule has 3 rings (SSSR count). The Morgan fingerprint density at radius 1 is 1.20 bits per heavy atom. The number of hydrogen-bond donors (Lipinski definition) is 1. The van der Waals surface area contributed by atoms with Gasteiger partial charge in [-0.05, 0) is 44.3 Å². The SMILES string of the molecule is CNCCC1CCN(C(=O)C2CC(=O)N(Cc3ccccc3)C2)CC1. The number of likely N-dealkylation sites (tertiary alicyclic amines) is 2. The summed E-state index contributed by atoms with van der Waals surface area (Å²) >= 11 is 0. The molecule has 5 nitrogen and oxygen atoms in total. The Bertz CT molecular complexity index is 582. The molecule has 0 saturated carbocycles. The van der Waals surface area contributed by atoms with Gasteiger partial charge in [-0.25, -0.2) is 0 Å². The summed E-state index contributed by atoms with van der Waals surface area (Å²) in [7, 11) is 1.98. The van der Waals surface area contributed by atoms with Gasteiger partial charge in [0, 0.05) is 32.6 Å². The molecule has 0 radical (unpaired) electrons. The van der Waals surface area contributed by atoms with E-state index in [-0.39, 0.29) is 17.7 Å². The Labute approximate surface area is 150 Å². The Morgan fingerprint density at radius 2 is 1.92 bits per heavy atom. The number of carbonyl (C=O) groups excluding carboxylic acids is 2. The lowest BCUT2D eigenvalue weighted by atomic mass is 9.92. The van der Waals surface area contributed by atoms with Gasteiger partial charge in [-0.1, -0.05) is 30.3 Å². The molecule has 0 bridgehead atoms. The topological polar surface area (TPSA) is 52.7 Å². The maximum absolute atomic E-state index is 12.8. The zero-order valence-corrected chi connectivity index (χ0v) is 15.1. The molecule has 2 saturated heterocycles. The normalized spacial score (nSPS) is 21.8. The first-order valence-electron chi connectivity index (χ1n) is 9.42. The highest BCUT2D eigenvalue weighted by atomic mass is 16.2. The molecule has 2 heterocycles. The highest BCUT2D eigenvalue weighted by Crippen LogP contribution is 2.26. The van der Waals surface area contributed by atoms with E-state index in [0.29, 0.717) is 19.5 Å². The van der Waals surface area contributed by atoms with E-state index in [2.05, 4.69) is 5.32 Å². The van der Waals surface area contributed by atoms with Crippen LogP contribution < -0.4 is 5.32 Å². The molecule has 2 fully saturated rings. The number of hydrogen-bond acceptors (Lipinski definition) is 3. The van der Waals surface area contributed by atoms with Crippen LogP contribution in [0.5, 0.6) is 0 Å². The average molecular weight is 343 g/mol. The van der Waals surface area contributed by atoms with Gasteiger partial charge in [-0.2, -0.15) is 0 Å². The van der Waals surface area contributed by atoms with Crippen LogP contribution in [0.4, 0.5) is 0 Å². The summed E-state index contributed by atoms with van der Waals surface area (Å²) < 4.78 is 0. The predicted octanol–water partition coefficient (Wildman–Crippen LogP) is 1.88. The van der Waals surface area contributed by atoms with Crippen molar-refractivity contribution in [3.63, 3.8) is 0 Å². The second kappa shape index (κ2) is 8.48. The zero-order valence-electron chi connectivity index (χ0n) is 15.1. The largest absolute Gasteiger partial charge is 0.342 e. The minimum absolute atomic E-state index is 0.103. The minimum atomic E-state index is -0.162. The van der Waals surface area contributed by atoms with Crippen LogP contribution in [0.1, 0.15) is 31.2 Å². The first kappa shape index (κ1) is 17.9. The van der Waals surface area contributed by atoms with Crippen LogP contribution in [0.3, 0.4) is 0 Å². The quantitative estimate of drug-likeness (QED) is 0.858. The molecule has 1 N–H and O–H groups in total. The fourth-order valence-corrected chi connectivity index (χ4v) is 3.94. The molecule has 2 aliphatic rings.